The van der Waals surface area contributed by atoms with Crippen LogP contribution in [-0.4, -0.2) is 19.1 Å². The van der Waals surface area contributed by atoms with Gasteiger partial charge in [0.25, 0.3) is 0 Å². The molecule has 0 amide bonds. The molecule has 0 saturated carbocycles. The molecule has 1 aromatic heterocycles. The molecular formula is C12H16NO4S2+. The van der Waals surface area contributed by atoms with Crippen LogP contribution in [0.4, 0.5) is 0 Å². The summed E-state index contributed by atoms with van der Waals surface area (Å²) in [4.78, 5) is 0. The van der Waals surface area contributed by atoms with E-state index >= 15 is 0 Å². The van der Waals surface area contributed by atoms with Gasteiger partial charge in [-0.15, -0.1) is 0 Å². The number of hydrogen-bond acceptors (Lipinski definition) is 4. The van der Waals surface area contributed by atoms with Gasteiger partial charge in [-0.25, -0.2) is 4.18 Å². The molecule has 0 bridgehead atoms. The molecule has 0 fully saturated rings. The number of para-hydroxylation sites is 1. The molecule has 0 aliphatic carbocycles. The van der Waals surface area contributed by atoms with Crippen LogP contribution in [0.15, 0.2) is 24.3 Å². The molecule has 0 saturated heterocycles. The molecule has 0 unspecified atom stereocenters. The van der Waals surface area contributed by atoms with Crippen molar-refractivity contribution in [3.05, 3.63) is 29.3 Å². The first kappa shape index (κ1) is 14.4. The number of aryl methyl sites for hydroxylation is 2. The molecule has 1 heterocycles. The summed E-state index contributed by atoms with van der Waals surface area (Å²) in [6.07, 6.45) is -0.0491. The van der Waals surface area contributed by atoms with Crippen LogP contribution in [0.1, 0.15) is 18.4 Å². The molecule has 0 radical (unpaired) electrons. The van der Waals surface area contributed by atoms with Crippen molar-refractivity contribution < 1.29 is 21.7 Å². The van der Waals surface area contributed by atoms with Crippen molar-refractivity contribution in [2.45, 2.75) is 32.9 Å². The number of nitrogens with zero attached hydrogens (tertiary/aromatic N) is 1. The molecule has 104 valence electrons. The van der Waals surface area contributed by atoms with E-state index in [2.05, 4.69) is 14.8 Å². The lowest BCUT2D eigenvalue weighted by Crippen LogP contribution is -2.36. The third-order valence-electron chi connectivity index (χ3n) is 2.84. The summed E-state index contributed by atoms with van der Waals surface area (Å²) < 4.78 is 37.7. The van der Waals surface area contributed by atoms with Gasteiger partial charge >= 0.3 is 10.4 Å². The molecule has 5 nitrogen and oxygen atoms in total. The van der Waals surface area contributed by atoms with E-state index in [1.54, 1.807) is 18.3 Å². The minimum atomic E-state index is -4.37. The quantitative estimate of drug-likeness (QED) is 0.678. The van der Waals surface area contributed by atoms with Crippen LogP contribution in [0.25, 0.3) is 10.2 Å². The van der Waals surface area contributed by atoms with Crippen molar-refractivity contribution in [1.82, 2.24) is 0 Å². The summed E-state index contributed by atoms with van der Waals surface area (Å²) in [5.74, 6) is 0. The third kappa shape index (κ3) is 3.73. The highest BCUT2D eigenvalue weighted by atomic mass is 32.3. The second-order valence-electron chi connectivity index (χ2n) is 4.36. The number of hydrogen-bond donors (Lipinski definition) is 1. The largest absolute Gasteiger partial charge is 0.397 e. The van der Waals surface area contributed by atoms with Crippen LogP contribution in [-0.2, 0) is 21.1 Å². The van der Waals surface area contributed by atoms with E-state index in [0.29, 0.717) is 13.0 Å². The minimum absolute atomic E-state index is 0.506. The Labute approximate surface area is 116 Å². The Kier molecular flexibility index (Phi) is 4.19. The second kappa shape index (κ2) is 5.54. The average molecular weight is 302 g/mol. The van der Waals surface area contributed by atoms with Gasteiger partial charge < -0.3 is 0 Å². The Bertz CT molecular complexity index is 678. The SMILES string of the molecule is Cc1sc2ccccc2[n+]1CC[C@H](C)OS(=O)(=O)O. The topological polar surface area (TPSA) is 67.5 Å². The highest BCUT2D eigenvalue weighted by Gasteiger charge is 2.19. The van der Waals surface area contributed by atoms with E-state index in [9.17, 15) is 8.42 Å². The van der Waals surface area contributed by atoms with Crippen LogP contribution >= 0.6 is 11.3 Å². The zero-order chi connectivity index (χ0) is 14.0. The van der Waals surface area contributed by atoms with E-state index in [1.807, 2.05) is 25.1 Å². The smallest absolute Gasteiger partial charge is 0.264 e. The number of rotatable bonds is 5. The molecule has 7 heteroatoms. The minimum Gasteiger partial charge on any atom is -0.264 e. The summed E-state index contributed by atoms with van der Waals surface area (Å²) >= 11 is 1.70. The first-order valence-corrected chi connectivity index (χ1v) is 8.08. The lowest BCUT2D eigenvalue weighted by atomic mass is 10.2. The first-order valence-electron chi connectivity index (χ1n) is 5.90. The maximum absolute atomic E-state index is 10.6. The zero-order valence-corrected chi connectivity index (χ0v) is 12.4. The molecule has 0 aliphatic rings. The van der Waals surface area contributed by atoms with Crippen molar-refractivity contribution in [2.24, 2.45) is 0 Å². The molecule has 0 aliphatic heterocycles. The number of fused-ring (bicyclic) bond motifs is 1. The maximum atomic E-state index is 10.6. The molecule has 19 heavy (non-hydrogen) atoms. The molecule has 1 N–H and O–H groups in total. The van der Waals surface area contributed by atoms with Crippen LogP contribution in [0, 0.1) is 6.92 Å². The van der Waals surface area contributed by atoms with Gasteiger partial charge in [0.2, 0.25) is 10.5 Å². The Balaban J connectivity index is 2.12. The van der Waals surface area contributed by atoms with Crippen molar-refractivity contribution in [3.63, 3.8) is 0 Å². The van der Waals surface area contributed by atoms with Crippen molar-refractivity contribution in [3.8, 4) is 0 Å². The number of benzene rings is 1. The fraction of sp³-hybridized carbons (Fsp3) is 0.417. The van der Waals surface area contributed by atoms with Gasteiger partial charge in [0.1, 0.15) is 4.70 Å². The Morgan fingerprint density at radius 2 is 2.11 bits per heavy atom. The van der Waals surface area contributed by atoms with Crippen LogP contribution < -0.4 is 4.57 Å². The van der Waals surface area contributed by atoms with E-state index in [-0.39, 0.29) is 0 Å². The Morgan fingerprint density at radius 1 is 1.42 bits per heavy atom. The number of aromatic nitrogens is 1. The lowest BCUT2D eigenvalue weighted by molar-refractivity contribution is -0.674. The molecule has 1 aromatic carbocycles. The van der Waals surface area contributed by atoms with Gasteiger partial charge in [-0.3, -0.25) is 4.55 Å². The summed E-state index contributed by atoms with van der Waals surface area (Å²) in [5.41, 5.74) is 1.13. The lowest BCUT2D eigenvalue weighted by Gasteiger charge is -2.07. The predicted octanol–water partition coefficient (Wildman–Crippen LogP) is 2.10. The monoisotopic (exact) mass is 302 g/mol. The average Bonchev–Trinajstić information content (AvgIpc) is 2.60. The van der Waals surface area contributed by atoms with Crippen LogP contribution in [0.5, 0.6) is 0 Å². The van der Waals surface area contributed by atoms with Gasteiger partial charge in [-0.1, -0.05) is 23.5 Å². The first-order chi connectivity index (χ1) is 8.87. The normalized spacial score (nSPS) is 13.8. The van der Waals surface area contributed by atoms with Gasteiger partial charge in [0.15, 0.2) is 6.54 Å². The Hall–Kier alpha value is -1.02. The van der Waals surface area contributed by atoms with Crippen LogP contribution in [0.2, 0.25) is 0 Å². The van der Waals surface area contributed by atoms with Crippen molar-refractivity contribution in [1.29, 1.82) is 0 Å². The number of thiazole rings is 1. The molecule has 2 rings (SSSR count). The summed E-state index contributed by atoms with van der Waals surface area (Å²) in [5, 5.41) is 1.15. The van der Waals surface area contributed by atoms with E-state index in [1.165, 1.54) is 4.70 Å². The summed E-state index contributed by atoms with van der Waals surface area (Å²) in [7, 11) is -4.37. The maximum Gasteiger partial charge on any atom is 0.397 e. The molecular weight excluding hydrogens is 286 g/mol. The van der Waals surface area contributed by atoms with Crippen molar-refractivity contribution >= 4 is 32.0 Å². The predicted molar refractivity (Wildman–Crippen MR) is 73.5 cm³/mol. The second-order valence-corrected chi connectivity index (χ2v) is 6.65. The highest BCUT2D eigenvalue weighted by Crippen LogP contribution is 2.19. The Morgan fingerprint density at radius 3 is 2.79 bits per heavy atom. The summed E-state index contributed by atoms with van der Waals surface area (Å²) in [6, 6.07) is 8.06. The fourth-order valence-corrected chi connectivity index (χ4v) is 3.55. The van der Waals surface area contributed by atoms with E-state index in [4.69, 9.17) is 4.55 Å². The summed E-state index contributed by atoms with van der Waals surface area (Å²) in [6.45, 7) is 4.30. The third-order valence-corrected chi connectivity index (χ3v) is 4.49. The van der Waals surface area contributed by atoms with Crippen molar-refractivity contribution in [2.75, 3.05) is 0 Å². The standard InChI is InChI=1S/C12H15NO4S2/c1-9(17-19(14,15)16)7-8-13-10(2)18-12-6-4-3-5-11(12)13/h3-6,9H,7-8H2,1-2H3/p+1/t9-/m0/s1. The van der Waals surface area contributed by atoms with Gasteiger partial charge in [-0.05, 0) is 13.0 Å². The molecule has 0 spiro atoms. The van der Waals surface area contributed by atoms with Crippen LogP contribution in [0.3, 0.4) is 0 Å². The zero-order valence-electron chi connectivity index (χ0n) is 10.7. The van der Waals surface area contributed by atoms with E-state index < -0.39 is 16.5 Å². The molecule has 2 aromatic rings. The molecule has 1 atom stereocenters. The van der Waals surface area contributed by atoms with Gasteiger partial charge in [-0.2, -0.15) is 13.0 Å². The highest BCUT2D eigenvalue weighted by molar-refractivity contribution is 7.80. The fourth-order valence-electron chi connectivity index (χ4n) is 1.99. The van der Waals surface area contributed by atoms with E-state index in [0.717, 1.165) is 10.5 Å². The van der Waals surface area contributed by atoms with Gasteiger partial charge in [0.05, 0.1) is 6.10 Å². The van der Waals surface area contributed by atoms with Gasteiger partial charge in [0, 0.05) is 19.4 Å².